The van der Waals surface area contributed by atoms with Gasteiger partial charge in [-0.2, -0.15) is 0 Å². The van der Waals surface area contributed by atoms with E-state index in [0.29, 0.717) is 24.7 Å². The van der Waals surface area contributed by atoms with E-state index in [-0.39, 0.29) is 5.69 Å². The van der Waals surface area contributed by atoms with Crippen LogP contribution in [0.1, 0.15) is 33.1 Å². The number of carboxylic acid groups (broad SMARTS) is 1. The highest BCUT2D eigenvalue weighted by Crippen LogP contribution is 2.38. The Balaban J connectivity index is 2.26. The first-order chi connectivity index (χ1) is 8.94. The molecule has 0 aromatic heterocycles. The lowest BCUT2D eigenvalue weighted by Crippen LogP contribution is -2.51. The first kappa shape index (κ1) is 13.8. The fourth-order valence-electron chi connectivity index (χ4n) is 2.79. The van der Waals surface area contributed by atoms with Crippen LogP contribution >= 0.6 is 0 Å². The van der Waals surface area contributed by atoms with Crippen molar-refractivity contribution in [1.29, 1.82) is 0 Å². The zero-order chi connectivity index (χ0) is 14.0. The van der Waals surface area contributed by atoms with Gasteiger partial charge >= 0.3 is 5.97 Å². The first-order valence-electron chi connectivity index (χ1n) is 6.71. The second-order valence-corrected chi connectivity index (χ2v) is 5.69. The molecule has 0 bridgehead atoms. The average Bonchev–Trinajstić information content (AvgIpc) is 2.36. The summed E-state index contributed by atoms with van der Waals surface area (Å²) in [5.74, 6) is -0.483. The van der Waals surface area contributed by atoms with Crippen molar-refractivity contribution >= 4 is 11.7 Å². The van der Waals surface area contributed by atoms with E-state index in [1.807, 2.05) is 0 Å². The molecule has 104 valence electrons. The van der Waals surface area contributed by atoms with Crippen molar-refractivity contribution in [2.45, 2.75) is 38.6 Å². The lowest BCUT2D eigenvalue weighted by Gasteiger charge is -2.40. The van der Waals surface area contributed by atoms with Crippen molar-refractivity contribution in [2.24, 2.45) is 11.8 Å². The molecule has 1 aliphatic rings. The molecule has 1 fully saturated rings. The third-order valence-electron chi connectivity index (χ3n) is 4.33. The number of rotatable bonds is 3. The van der Waals surface area contributed by atoms with Gasteiger partial charge in [0.25, 0.3) is 0 Å². The fourth-order valence-corrected chi connectivity index (χ4v) is 2.79. The van der Waals surface area contributed by atoms with Gasteiger partial charge in [-0.05, 0) is 43.2 Å². The number of hydrogen-bond acceptors (Lipinski definition) is 2. The average molecular weight is 265 g/mol. The highest BCUT2D eigenvalue weighted by atomic mass is 19.1. The van der Waals surface area contributed by atoms with Gasteiger partial charge in [0.15, 0.2) is 0 Å². The van der Waals surface area contributed by atoms with E-state index < -0.39 is 17.3 Å². The molecule has 2 N–H and O–H groups in total. The second kappa shape index (κ2) is 5.19. The van der Waals surface area contributed by atoms with Crippen LogP contribution in [-0.2, 0) is 4.79 Å². The molecule has 19 heavy (non-hydrogen) atoms. The molecule has 0 radical (unpaired) electrons. The molecule has 1 aromatic carbocycles. The molecule has 1 saturated carbocycles. The zero-order valence-electron chi connectivity index (χ0n) is 11.3. The van der Waals surface area contributed by atoms with Crippen LogP contribution in [0, 0.1) is 17.7 Å². The largest absolute Gasteiger partial charge is 0.480 e. The van der Waals surface area contributed by atoms with E-state index in [2.05, 4.69) is 19.2 Å². The fraction of sp³-hybridized carbons (Fsp3) is 0.533. The molecule has 0 amide bonds. The maximum absolute atomic E-state index is 13.7. The number of halogens is 1. The molecule has 1 aliphatic carbocycles. The Labute approximate surface area is 112 Å². The normalized spacial score (nSPS) is 30.9. The number of nitrogens with one attached hydrogen (secondary N) is 1. The van der Waals surface area contributed by atoms with Crippen molar-refractivity contribution in [3.8, 4) is 0 Å². The highest BCUT2D eigenvalue weighted by molar-refractivity contribution is 5.83. The van der Waals surface area contributed by atoms with Gasteiger partial charge < -0.3 is 10.4 Å². The van der Waals surface area contributed by atoms with E-state index >= 15 is 0 Å². The van der Waals surface area contributed by atoms with Crippen LogP contribution in [0.5, 0.6) is 0 Å². The van der Waals surface area contributed by atoms with Gasteiger partial charge in [-0.15, -0.1) is 0 Å². The van der Waals surface area contributed by atoms with Crippen molar-refractivity contribution in [2.75, 3.05) is 5.32 Å². The lowest BCUT2D eigenvalue weighted by atomic mass is 9.71. The predicted octanol–water partition coefficient (Wildman–Crippen LogP) is 3.52. The Morgan fingerprint density at radius 1 is 1.37 bits per heavy atom. The summed E-state index contributed by atoms with van der Waals surface area (Å²) < 4.78 is 13.7. The molecule has 4 heteroatoms. The van der Waals surface area contributed by atoms with Gasteiger partial charge in [0, 0.05) is 0 Å². The number of carbonyl (C=O) groups is 1. The minimum atomic E-state index is -1.05. The van der Waals surface area contributed by atoms with Gasteiger partial charge in [0.2, 0.25) is 0 Å². The van der Waals surface area contributed by atoms with Crippen molar-refractivity contribution < 1.29 is 14.3 Å². The highest BCUT2D eigenvalue weighted by Gasteiger charge is 2.44. The smallest absolute Gasteiger partial charge is 0.329 e. The van der Waals surface area contributed by atoms with Gasteiger partial charge in [0.05, 0.1) is 5.69 Å². The van der Waals surface area contributed by atoms with E-state index in [9.17, 15) is 14.3 Å². The molecular formula is C15H20FNO2. The molecule has 0 spiro atoms. The van der Waals surface area contributed by atoms with Crippen LogP contribution in [0.3, 0.4) is 0 Å². The van der Waals surface area contributed by atoms with Crippen molar-refractivity contribution in [1.82, 2.24) is 0 Å². The van der Waals surface area contributed by atoms with Crippen LogP contribution in [0.4, 0.5) is 10.1 Å². The second-order valence-electron chi connectivity index (χ2n) is 5.69. The zero-order valence-corrected chi connectivity index (χ0v) is 11.3. The van der Waals surface area contributed by atoms with Gasteiger partial charge in [0.1, 0.15) is 11.4 Å². The van der Waals surface area contributed by atoms with E-state index in [1.54, 1.807) is 18.2 Å². The SMILES string of the molecule is CC1CCC(Nc2ccccc2F)(C(=O)O)CC1C. The van der Waals surface area contributed by atoms with Crippen LogP contribution in [0.15, 0.2) is 24.3 Å². The molecule has 0 saturated heterocycles. The third-order valence-corrected chi connectivity index (χ3v) is 4.33. The monoisotopic (exact) mass is 265 g/mol. The lowest BCUT2D eigenvalue weighted by molar-refractivity contribution is -0.144. The Bertz CT molecular complexity index is 477. The molecule has 1 aromatic rings. The van der Waals surface area contributed by atoms with Crippen molar-refractivity contribution in [3.63, 3.8) is 0 Å². The maximum Gasteiger partial charge on any atom is 0.329 e. The first-order valence-corrected chi connectivity index (χ1v) is 6.71. The summed E-state index contributed by atoms with van der Waals surface area (Å²) in [5, 5.41) is 12.5. The molecular weight excluding hydrogens is 245 g/mol. The number of aliphatic carboxylic acids is 1. The standard InChI is InChI=1S/C15H20FNO2/c1-10-7-8-15(14(18)19,9-11(10)2)17-13-6-4-3-5-12(13)16/h3-6,10-11,17H,7-9H2,1-2H3,(H,18,19). The number of anilines is 1. The Morgan fingerprint density at radius 2 is 2.05 bits per heavy atom. The van der Waals surface area contributed by atoms with Crippen LogP contribution in [0.2, 0.25) is 0 Å². The minimum Gasteiger partial charge on any atom is -0.480 e. The summed E-state index contributed by atoms with van der Waals surface area (Å²) in [6.45, 7) is 4.20. The van der Waals surface area contributed by atoms with Crippen LogP contribution in [0.25, 0.3) is 0 Å². The Morgan fingerprint density at radius 3 is 2.63 bits per heavy atom. The molecule has 0 aliphatic heterocycles. The summed E-state index contributed by atoms with van der Waals surface area (Å²) in [6, 6.07) is 6.23. The molecule has 2 rings (SSSR count). The molecule has 3 unspecified atom stereocenters. The number of hydrogen-bond donors (Lipinski definition) is 2. The van der Waals surface area contributed by atoms with Gasteiger partial charge in [-0.3, -0.25) is 0 Å². The molecule has 3 atom stereocenters. The van der Waals surface area contributed by atoms with E-state index in [0.717, 1.165) is 6.42 Å². The quantitative estimate of drug-likeness (QED) is 0.879. The van der Waals surface area contributed by atoms with Gasteiger partial charge in [-0.25, -0.2) is 9.18 Å². The van der Waals surface area contributed by atoms with Gasteiger partial charge in [-0.1, -0.05) is 26.0 Å². The summed E-state index contributed by atoms with van der Waals surface area (Å²) >= 11 is 0. The summed E-state index contributed by atoms with van der Waals surface area (Å²) in [4.78, 5) is 11.7. The minimum absolute atomic E-state index is 0.270. The summed E-state index contributed by atoms with van der Waals surface area (Å²) in [7, 11) is 0. The maximum atomic E-state index is 13.7. The van der Waals surface area contributed by atoms with Crippen LogP contribution < -0.4 is 5.32 Å². The molecule has 3 nitrogen and oxygen atoms in total. The van der Waals surface area contributed by atoms with E-state index in [1.165, 1.54) is 6.07 Å². The Kier molecular flexibility index (Phi) is 3.78. The topological polar surface area (TPSA) is 49.3 Å². The predicted molar refractivity (Wildman–Crippen MR) is 72.6 cm³/mol. The molecule has 0 heterocycles. The van der Waals surface area contributed by atoms with Crippen molar-refractivity contribution in [3.05, 3.63) is 30.1 Å². The third kappa shape index (κ3) is 2.72. The number of para-hydroxylation sites is 1. The summed E-state index contributed by atoms with van der Waals surface area (Å²) in [5.41, 5.74) is -0.777. The summed E-state index contributed by atoms with van der Waals surface area (Å²) in [6.07, 6.45) is 1.90. The Hall–Kier alpha value is -1.58. The number of carboxylic acids is 1. The van der Waals surface area contributed by atoms with E-state index in [4.69, 9.17) is 0 Å². The van der Waals surface area contributed by atoms with Crippen LogP contribution in [-0.4, -0.2) is 16.6 Å². The number of benzene rings is 1.